The molecule has 6 aliphatic rings. The summed E-state index contributed by atoms with van der Waals surface area (Å²) in [7, 11) is 5.83. The number of methoxy groups -OCH3 is 1. The number of nitrogens with one attached hydrogen (secondary N) is 3. The van der Waals surface area contributed by atoms with E-state index >= 15 is 0 Å². The number of aromatic amines is 1. The van der Waals surface area contributed by atoms with Gasteiger partial charge >= 0.3 is 0 Å². The van der Waals surface area contributed by atoms with Crippen molar-refractivity contribution in [2.45, 2.75) is 51.6 Å². The van der Waals surface area contributed by atoms with Crippen LogP contribution in [-0.2, 0) is 48.4 Å². The van der Waals surface area contributed by atoms with Gasteiger partial charge in [-0.3, -0.25) is 24.4 Å². The Bertz CT molecular complexity index is 3040. The maximum Gasteiger partial charge on any atom is 0.271 e. The summed E-state index contributed by atoms with van der Waals surface area (Å²) in [4.78, 5) is 86.0. The first-order valence-corrected chi connectivity index (χ1v) is 24.6. The highest BCUT2D eigenvalue weighted by Crippen LogP contribution is 2.43. The highest BCUT2D eigenvalue weighted by molar-refractivity contribution is 7.19. The lowest BCUT2D eigenvalue weighted by atomic mass is 9.86. The fourth-order valence-corrected chi connectivity index (χ4v) is 12.6. The second-order valence-corrected chi connectivity index (χ2v) is 20.3. The van der Waals surface area contributed by atoms with Gasteiger partial charge in [-0.15, -0.1) is 22.7 Å². The first-order chi connectivity index (χ1) is 32.7. The van der Waals surface area contributed by atoms with Gasteiger partial charge in [0.25, 0.3) is 5.56 Å². The van der Waals surface area contributed by atoms with E-state index in [1.54, 1.807) is 42.3 Å². The summed E-state index contributed by atoms with van der Waals surface area (Å²) in [6, 6.07) is 3.83. The van der Waals surface area contributed by atoms with Gasteiger partial charge in [-0.25, -0.2) is 24.9 Å². The van der Waals surface area contributed by atoms with E-state index in [-0.39, 0.29) is 23.3 Å². The molecule has 2 saturated heterocycles. The fraction of sp³-hybridized carbons (Fsp3) is 0.447. The summed E-state index contributed by atoms with van der Waals surface area (Å²) >= 11 is 3.32. The Labute approximate surface area is 394 Å². The van der Waals surface area contributed by atoms with Crippen LogP contribution in [0.4, 0.5) is 23.0 Å². The summed E-state index contributed by atoms with van der Waals surface area (Å²) in [5.74, 6) is 2.57. The van der Waals surface area contributed by atoms with Crippen molar-refractivity contribution in [3.63, 3.8) is 0 Å². The summed E-state index contributed by atoms with van der Waals surface area (Å²) in [5.41, 5.74) is 7.15. The lowest BCUT2D eigenvalue weighted by Gasteiger charge is -2.35. The largest absolute Gasteiger partial charge is 0.480 e. The molecule has 3 N–H and O–H groups in total. The molecule has 0 saturated carbocycles. The Hall–Kier alpha value is -6.22. The van der Waals surface area contributed by atoms with Crippen LogP contribution in [0.2, 0.25) is 0 Å². The number of aromatic nitrogens is 6. The molecule has 2 amide bonds. The van der Waals surface area contributed by atoms with Crippen LogP contribution in [0, 0.1) is 11.8 Å². The number of thiophene rings is 2. The summed E-state index contributed by atoms with van der Waals surface area (Å²) < 4.78 is 5.54. The second kappa shape index (κ2) is 18.1. The molecule has 0 unspecified atom stereocenters. The molecule has 0 aromatic carbocycles. The highest BCUT2D eigenvalue weighted by Gasteiger charge is 2.34. The number of piperazine rings is 2. The number of aliphatic imine (C=N–C) groups is 2. The molecule has 18 nitrogen and oxygen atoms in total. The van der Waals surface area contributed by atoms with Gasteiger partial charge in [0.05, 0.1) is 36.7 Å². The Kier molecular flexibility index (Phi) is 11.7. The van der Waals surface area contributed by atoms with Crippen molar-refractivity contribution in [1.29, 1.82) is 0 Å². The number of pyridine rings is 2. The van der Waals surface area contributed by atoms with Gasteiger partial charge in [0.1, 0.15) is 45.3 Å². The summed E-state index contributed by atoms with van der Waals surface area (Å²) in [5, 5.41) is 8.70. The third-order valence-electron chi connectivity index (χ3n) is 13.9. The molecule has 0 spiro atoms. The van der Waals surface area contributed by atoms with E-state index in [2.05, 4.69) is 74.4 Å². The number of likely N-dealkylation sites (N-methyl/N-ethyl adjacent to an activating group) is 2. The zero-order valence-electron chi connectivity index (χ0n) is 37.8. The van der Waals surface area contributed by atoms with Crippen LogP contribution in [0.5, 0.6) is 5.88 Å². The van der Waals surface area contributed by atoms with Gasteiger partial charge < -0.3 is 40.0 Å². The first kappa shape index (κ1) is 43.4. The van der Waals surface area contributed by atoms with Crippen LogP contribution in [0.3, 0.4) is 0 Å². The zero-order chi connectivity index (χ0) is 45.8. The topological polar surface area (TPSA) is 202 Å². The fourth-order valence-electron chi connectivity index (χ4n) is 10.1. The van der Waals surface area contributed by atoms with E-state index < -0.39 is 0 Å². The molecule has 2 fully saturated rings. The number of carbonyl (C=O) groups excluding carboxylic acids is 2. The second-order valence-electron chi connectivity index (χ2n) is 18.2. The van der Waals surface area contributed by atoms with Crippen molar-refractivity contribution in [1.82, 2.24) is 49.5 Å². The number of fused-ring (bicyclic) bond motifs is 8. The average molecular weight is 941 g/mol. The molecule has 6 aromatic heterocycles. The number of ether oxygens (including phenoxy) is 1. The Morgan fingerprint density at radius 1 is 0.701 bits per heavy atom. The third-order valence-corrected chi connectivity index (χ3v) is 16.3. The standard InChI is InChI=1S/C24H27N7O2S.C23H25N7O2S/c1-30-5-7-31(8-6-30)24(32)14-3-4-16-19(10-14)34-23-20(16)21(26-13-27-23)28-17-9-15-11-25-12-18(15)29-22(17)33-2;1-29-4-6-30(7-5-29)23(32)13-2-3-15-18(9-13)33-22-19(15)20(25-12-26-22)27-16-8-14-10-24-11-17(14)28-21(16)31/h9,11,13-14H,3-8,10,12H2,1-2H3,(H,26,27,28);8,10,12-13H,2-7,9,11H2,1H3,(H,28,31)(H,25,26,27)/t14-;13-/m00/s1. The number of hydrogen-bond donors (Lipinski definition) is 3. The molecule has 2 aliphatic carbocycles. The molecule has 4 aliphatic heterocycles. The normalized spacial score (nSPS) is 20.0. The van der Waals surface area contributed by atoms with Crippen LogP contribution in [0.1, 0.15) is 56.2 Å². The molecular weight excluding hydrogens is 889 g/mol. The molecule has 20 heteroatoms. The van der Waals surface area contributed by atoms with Crippen LogP contribution < -0.4 is 20.9 Å². The SMILES string of the molecule is CN1CCN(C(=O)[C@H]2CCc3c(sc4ncnc(Nc5cc6c([nH]c5=O)CN=C6)c34)C2)CC1.COc1nc2c(cc1Nc1ncnc3sc4c(c13)CC[C@H](C(=O)N1CCN(C)CC1)C4)C=NC2. The van der Waals surface area contributed by atoms with Crippen LogP contribution in [0.25, 0.3) is 20.4 Å². The van der Waals surface area contributed by atoms with E-state index in [9.17, 15) is 14.4 Å². The Morgan fingerprint density at radius 3 is 1.79 bits per heavy atom. The minimum absolute atomic E-state index is 0.0252. The van der Waals surface area contributed by atoms with Crippen molar-refractivity contribution in [3.8, 4) is 5.88 Å². The molecule has 6 aromatic rings. The molecule has 0 radical (unpaired) electrons. The lowest BCUT2D eigenvalue weighted by molar-refractivity contribution is -0.138. The Morgan fingerprint density at radius 2 is 1.22 bits per heavy atom. The van der Waals surface area contributed by atoms with Crippen molar-refractivity contribution >= 4 is 90.4 Å². The van der Waals surface area contributed by atoms with E-state index in [4.69, 9.17) is 4.74 Å². The van der Waals surface area contributed by atoms with Gasteiger partial charge in [0.15, 0.2) is 0 Å². The maximum atomic E-state index is 13.2. The molecule has 67 heavy (non-hydrogen) atoms. The smallest absolute Gasteiger partial charge is 0.271 e. The van der Waals surface area contributed by atoms with E-state index in [1.807, 2.05) is 28.1 Å². The quantitative estimate of drug-likeness (QED) is 0.201. The summed E-state index contributed by atoms with van der Waals surface area (Å²) in [6.45, 7) is 8.13. The van der Waals surface area contributed by atoms with Crippen molar-refractivity contribution < 1.29 is 14.3 Å². The molecule has 346 valence electrons. The molecule has 12 rings (SSSR count). The highest BCUT2D eigenvalue weighted by atomic mass is 32.1. The summed E-state index contributed by atoms with van der Waals surface area (Å²) in [6.07, 6.45) is 11.6. The Balaban J connectivity index is 0.000000148. The van der Waals surface area contributed by atoms with Gasteiger partial charge in [0, 0.05) is 103 Å². The predicted octanol–water partition coefficient (Wildman–Crippen LogP) is 4.58. The number of anilines is 4. The number of aryl methyl sites for hydroxylation is 2. The number of amides is 2. The monoisotopic (exact) mass is 940 g/mol. The number of carbonyl (C=O) groups is 2. The van der Waals surface area contributed by atoms with E-state index in [1.165, 1.54) is 27.2 Å². The minimum Gasteiger partial charge on any atom is -0.480 e. The first-order valence-electron chi connectivity index (χ1n) is 23.0. The van der Waals surface area contributed by atoms with Gasteiger partial charge in [-0.05, 0) is 75.9 Å². The lowest BCUT2D eigenvalue weighted by Crippen LogP contribution is -2.49. The van der Waals surface area contributed by atoms with E-state index in [0.29, 0.717) is 36.4 Å². The van der Waals surface area contributed by atoms with Gasteiger partial charge in [-0.1, -0.05) is 0 Å². The molecule has 2 atom stereocenters. The molecule has 0 bridgehead atoms. The number of H-pyrrole nitrogens is 1. The predicted molar refractivity (Wildman–Crippen MR) is 261 cm³/mol. The molecular formula is C47H52N14O4S2. The van der Waals surface area contributed by atoms with Gasteiger partial charge in [-0.2, -0.15) is 0 Å². The van der Waals surface area contributed by atoms with Gasteiger partial charge in [0.2, 0.25) is 17.7 Å². The van der Waals surface area contributed by atoms with E-state index in [0.717, 1.165) is 145 Å². The number of rotatable bonds is 7. The van der Waals surface area contributed by atoms with Crippen molar-refractivity contribution in [2.75, 3.05) is 84.2 Å². The molecule has 10 heterocycles. The van der Waals surface area contributed by atoms with Crippen LogP contribution in [0.15, 0.2) is 39.6 Å². The zero-order valence-corrected chi connectivity index (χ0v) is 39.4. The number of nitrogens with zero attached hydrogens (tertiary/aromatic N) is 11. The number of hydrogen-bond acceptors (Lipinski definition) is 17. The van der Waals surface area contributed by atoms with Crippen molar-refractivity contribution in [3.05, 3.63) is 78.5 Å². The third kappa shape index (κ3) is 8.44. The maximum absolute atomic E-state index is 13.2. The minimum atomic E-state index is -0.187. The van der Waals surface area contributed by atoms with Crippen molar-refractivity contribution in [2.24, 2.45) is 21.8 Å². The van der Waals surface area contributed by atoms with Crippen LogP contribution in [-0.4, -0.2) is 147 Å². The van der Waals surface area contributed by atoms with Crippen LogP contribution >= 0.6 is 22.7 Å². The average Bonchev–Trinajstić information content (AvgIpc) is 4.16.